The van der Waals surface area contributed by atoms with E-state index in [0.29, 0.717) is 30.7 Å². The van der Waals surface area contributed by atoms with Gasteiger partial charge in [-0.25, -0.2) is 9.78 Å². The highest BCUT2D eigenvalue weighted by Gasteiger charge is 2.15. The van der Waals surface area contributed by atoms with Crippen LogP contribution in [0.15, 0.2) is 23.3 Å². The molecule has 0 unspecified atom stereocenters. The Morgan fingerprint density at radius 2 is 1.92 bits per heavy atom. The summed E-state index contributed by atoms with van der Waals surface area (Å²) in [7, 11) is 1.68. The summed E-state index contributed by atoms with van der Waals surface area (Å²) >= 11 is 5.74. The molecule has 0 aliphatic heterocycles. The molecule has 3 N–H and O–H groups in total. The van der Waals surface area contributed by atoms with Crippen molar-refractivity contribution in [3.05, 3.63) is 29.0 Å². The second-order valence-corrected chi connectivity index (χ2v) is 6.16. The van der Waals surface area contributed by atoms with Crippen molar-refractivity contribution in [3.8, 4) is 0 Å². The van der Waals surface area contributed by atoms with E-state index in [1.807, 2.05) is 26.8 Å². The van der Waals surface area contributed by atoms with Gasteiger partial charge in [0.2, 0.25) is 0 Å². The number of rotatable bonds is 5. The zero-order valence-corrected chi connectivity index (χ0v) is 17.4. The number of alkyl carbamates (subject to hydrolysis) is 1. The van der Waals surface area contributed by atoms with E-state index < -0.39 is 11.7 Å². The summed E-state index contributed by atoms with van der Waals surface area (Å²) in [5, 5.41) is 9.36. The lowest BCUT2D eigenvalue weighted by Gasteiger charge is -2.19. The van der Waals surface area contributed by atoms with E-state index in [1.165, 1.54) is 0 Å². The SMILES string of the molecule is CN=C(NCCNC(=O)OC(C)(C)C)NCc1ccc(Cl)nc1.I. The number of aliphatic imine (C=N–C) groups is 1. The first kappa shape index (κ1) is 22.7. The van der Waals surface area contributed by atoms with Gasteiger partial charge < -0.3 is 20.7 Å². The van der Waals surface area contributed by atoms with E-state index in [9.17, 15) is 4.79 Å². The Morgan fingerprint density at radius 1 is 1.25 bits per heavy atom. The van der Waals surface area contributed by atoms with Gasteiger partial charge in [-0.1, -0.05) is 17.7 Å². The number of halogens is 2. The second kappa shape index (κ2) is 11.3. The van der Waals surface area contributed by atoms with Crippen LogP contribution in [-0.4, -0.2) is 42.8 Å². The molecule has 0 aliphatic rings. The summed E-state index contributed by atoms with van der Waals surface area (Å²) in [6.07, 6.45) is 1.27. The first-order valence-corrected chi connectivity index (χ1v) is 7.70. The van der Waals surface area contributed by atoms with Gasteiger partial charge in [0.1, 0.15) is 10.8 Å². The van der Waals surface area contributed by atoms with E-state index in [-0.39, 0.29) is 24.0 Å². The summed E-state index contributed by atoms with van der Waals surface area (Å²) in [5.41, 5.74) is 0.492. The van der Waals surface area contributed by atoms with E-state index in [1.54, 1.807) is 19.3 Å². The predicted molar refractivity (Wildman–Crippen MR) is 107 cm³/mol. The minimum absolute atomic E-state index is 0. The molecule has 0 saturated carbocycles. The third kappa shape index (κ3) is 10.5. The maximum Gasteiger partial charge on any atom is 0.407 e. The number of carbonyl (C=O) groups excluding carboxylic acids is 1. The fraction of sp³-hybridized carbons (Fsp3) is 0.533. The van der Waals surface area contributed by atoms with Crippen LogP contribution in [0.25, 0.3) is 0 Å². The summed E-state index contributed by atoms with van der Waals surface area (Å²) in [6, 6.07) is 3.62. The number of nitrogens with zero attached hydrogens (tertiary/aromatic N) is 2. The zero-order valence-electron chi connectivity index (χ0n) is 14.4. The number of hydrogen-bond donors (Lipinski definition) is 3. The van der Waals surface area contributed by atoms with E-state index >= 15 is 0 Å². The van der Waals surface area contributed by atoms with Crippen LogP contribution >= 0.6 is 35.6 Å². The van der Waals surface area contributed by atoms with E-state index in [4.69, 9.17) is 16.3 Å². The maximum absolute atomic E-state index is 11.5. The Labute approximate surface area is 165 Å². The Hall–Kier alpha value is -1.29. The molecule has 24 heavy (non-hydrogen) atoms. The first-order chi connectivity index (χ1) is 10.8. The highest BCUT2D eigenvalue weighted by Crippen LogP contribution is 2.06. The lowest BCUT2D eigenvalue weighted by Crippen LogP contribution is -2.42. The average molecular weight is 470 g/mol. The molecule has 0 atom stereocenters. The van der Waals surface area contributed by atoms with Crippen molar-refractivity contribution in [2.24, 2.45) is 4.99 Å². The Kier molecular flexibility index (Phi) is 10.7. The van der Waals surface area contributed by atoms with Gasteiger partial charge in [-0.2, -0.15) is 0 Å². The Bertz CT molecular complexity index is 532. The minimum Gasteiger partial charge on any atom is -0.444 e. The smallest absolute Gasteiger partial charge is 0.407 e. The van der Waals surface area contributed by atoms with Gasteiger partial charge in [0.15, 0.2) is 5.96 Å². The van der Waals surface area contributed by atoms with Crippen LogP contribution in [0.3, 0.4) is 0 Å². The highest BCUT2D eigenvalue weighted by molar-refractivity contribution is 14.0. The molecule has 0 saturated heterocycles. The monoisotopic (exact) mass is 469 g/mol. The average Bonchev–Trinajstić information content (AvgIpc) is 2.46. The van der Waals surface area contributed by atoms with Crippen molar-refractivity contribution in [3.63, 3.8) is 0 Å². The largest absolute Gasteiger partial charge is 0.444 e. The molecule has 1 rings (SSSR count). The molecule has 0 radical (unpaired) electrons. The highest BCUT2D eigenvalue weighted by atomic mass is 127. The van der Waals surface area contributed by atoms with Gasteiger partial charge in [-0.15, -0.1) is 24.0 Å². The number of hydrogen-bond acceptors (Lipinski definition) is 4. The molecule has 1 aromatic heterocycles. The van der Waals surface area contributed by atoms with Gasteiger partial charge in [0.05, 0.1) is 0 Å². The van der Waals surface area contributed by atoms with Crippen LogP contribution in [0, 0.1) is 0 Å². The molecule has 136 valence electrons. The summed E-state index contributed by atoms with van der Waals surface area (Å²) in [4.78, 5) is 19.6. The summed E-state index contributed by atoms with van der Waals surface area (Å²) in [6.45, 7) is 6.99. The van der Waals surface area contributed by atoms with Gasteiger partial charge in [-0.3, -0.25) is 4.99 Å². The fourth-order valence-electron chi connectivity index (χ4n) is 1.58. The molecule has 7 nitrogen and oxygen atoms in total. The van der Waals surface area contributed by atoms with Crippen LogP contribution in [-0.2, 0) is 11.3 Å². The van der Waals surface area contributed by atoms with Gasteiger partial charge in [0, 0.05) is 32.9 Å². The van der Waals surface area contributed by atoms with Gasteiger partial charge in [0.25, 0.3) is 0 Å². The number of aromatic nitrogens is 1. The Morgan fingerprint density at radius 3 is 2.46 bits per heavy atom. The zero-order chi connectivity index (χ0) is 17.3. The standard InChI is InChI=1S/C15H24ClN5O2.HI/c1-15(2,3)23-14(22)19-8-7-18-13(17-4)21-10-11-5-6-12(16)20-9-11;/h5-6,9H,7-8,10H2,1-4H3,(H,19,22)(H2,17,18,21);1H. The number of guanidine groups is 1. The van der Waals surface area contributed by atoms with Crippen molar-refractivity contribution in [2.45, 2.75) is 32.9 Å². The minimum atomic E-state index is -0.498. The van der Waals surface area contributed by atoms with Crippen molar-refractivity contribution in [1.82, 2.24) is 20.9 Å². The molecule has 0 spiro atoms. The van der Waals surface area contributed by atoms with Crippen LogP contribution < -0.4 is 16.0 Å². The Balaban J connectivity index is 0.00000529. The predicted octanol–water partition coefficient (Wildman–Crippen LogP) is 2.54. The molecule has 0 fully saturated rings. The van der Waals surface area contributed by atoms with Crippen LogP contribution in [0.4, 0.5) is 4.79 Å². The summed E-state index contributed by atoms with van der Waals surface area (Å²) in [5.74, 6) is 0.630. The van der Waals surface area contributed by atoms with E-state index in [2.05, 4.69) is 25.9 Å². The third-order valence-electron chi connectivity index (χ3n) is 2.56. The number of amides is 1. The molecule has 0 aromatic carbocycles. The maximum atomic E-state index is 11.5. The molecular weight excluding hydrogens is 445 g/mol. The molecular formula is C15H25ClIN5O2. The van der Waals surface area contributed by atoms with Crippen LogP contribution in [0.5, 0.6) is 0 Å². The summed E-state index contributed by atoms with van der Waals surface area (Å²) < 4.78 is 5.14. The quantitative estimate of drug-likeness (QED) is 0.203. The molecule has 0 aliphatic carbocycles. The normalized spacial score (nSPS) is 11.3. The van der Waals surface area contributed by atoms with Crippen LogP contribution in [0.2, 0.25) is 5.15 Å². The second-order valence-electron chi connectivity index (χ2n) is 5.77. The molecule has 1 aromatic rings. The van der Waals surface area contributed by atoms with Gasteiger partial charge >= 0.3 is 6.09 Å². The number of carbonyl (C=O) groups is 1. The van der Waals surface area contributed by atoms with Gasteiger partial charge in [-0.05, 0) is 32.4 Å². The van der Waals surface area contributed by atoms with Crippen molar-refractivity contribution >= 4 is 47.6 Å². The molecule has 0 bridgehead atoms. The van der Waals surface area contributed by atoms with Crippen molar-refractivity contribution < 1.29 is 9.53 Å². The van der Waals surface area contributed by atoms with Crippen molar-refractivity contribution in [1.29, 1.82) is 0 Å². The third-order valence-corrected chi connectivity index (χ3v) is 2.78. The lowest BCUT2D eigenvalue weighted by atomic mass is 10.2. The topological polar surface area (TPSA) is 87.6 Å². The molecule has 1 heterocycles. The van der Waals surface area contributed by atoms with Crippen LogP contribution in [0.1, 0.15) is 26.3 Å². The molecule has 9 heteroatoms. The number of nitrogens with one attached hydrogen (secondary N) is 3. The van der Waals surface area contributed by atoms with Crippen molar-refractivity contribution in [2.75, 3.05) is 20.1 Å². The first-order valence-electron chi connectivity index (χ1n) is 7.32. The fourth-order valence-corrected chi connectivity index (χ4v) is 1.69. The lowest BCUT2D eigenvalue weighted by molar-refractivity contribution is 0.0529. The number of ether oxygens (including phenoxy) is 1. The molecule has 1 amide bonds. The van der Waals surface area contributed by atoms with E-state index in [0.717, 1.165) is 5.56 Å². The number of pyridine rings is 1.